The summed E-state index contributed by atoms with van der Waals surface area (Å²) >= 11 is 0. The molecule has 0 atom stereocenters. The van der Waals surface area contributed by atoms with E-state index >= 15 is 0 Å². The molecular weight excluding hydrogens is 282 g/mol. The third-order valence-corrected chi connectivity index (χ3v) is 5.80. The van der Waals surface area contributed by atoms with Crippen molar-refractivity contribution in [3.63, 3.8) is 0 Å². The number of hydroxylamine groups is 2. The summed E-state index contributed by atoms with van der Waals surface area (Å²) in [6, 6.07) is 0. The van der Waals surface area contributed by atoms with Crippen LogP contribution < -0.4 is 0 Å². The van der Waals surface area contributed by atoms with Gasteiger partial charge in [-0.3, -0.25) is 9.63 Å². The number of carbonyl (C=O) groups excluding carboxylic acids is 1. The average Bonchev–Trinajstić information content (AvgIpc) is 3.23. The fraction of sp³-hybridized carbons (Fsp3) is 0.941. The summed E-state index contributed by atoms with van der Waals surface area (Å²) in [5.41, 5.74) is 0.298. The summed E-state index contributed by atoms with van der Waals surface area (Å²) < 4.78 is 11.7. The second-order valence-electron chi connectivity index (χ2n) is 7.33. The van der Waals surface area contributed by atoms with Crippen LogP contribution in [0.15, 0.2) is 0 Å². The molecule has 0 N–H and O–H groups in total. The summed E-state index contributed by atoms with van der Waals surface area (Å²) in [7, 11) is 3.23. The van der Waals surface area contributed by atoms with Crippen molar-refractivity contribution >= 4 is 5.91 Å². The van der Waals surface area contributed by atoms with Crippen LogP contribution in [0.25, 0.3) is 0 Å². The minimum absolute atomic E-state index is 0.0753. The molecule has 2 aliphatic carbocycles. The molecule has 3 aliphatic rings. The van der Waals surface area contributed by atoms with Crippen LogP contribution >= 0.6 is 0 Å². The Balaban J connectivity index is 1.58. The van der Waals surface area contributed by atoms with Gasteiger partial charge in [0.1, 0.15) is 0 Å². The van der Waals surface area contributed by atoms with Crippen LogP contribution in [0.5, 0.6) is 0 Å². The molecule has 3 rings (SSSR count). The first-order valence-electron chi connectivity index (χ1n) is 8.65. The van der Waals surface area contributed by atoms with Crippen LogP contribution in [0.3, 0.4) is 0 Å². The van der Waals surface area contributed by atoms with Crippen LogP contribution in [0.1, 0.15) is 57.8 Å². The van der Waals surface area contributed by atoms with Crippen molar-refractivity contribution in [1.82, 2.24) is 5.06 Å². The number of rotatable bonds is 6. The minimum atomic E-state index is -0.305. The van der Waals surface area contributed by atoms with E-state index in [9.17, 15) is 4.79 Å². The van der Waals surface area contributed by atoms with Gasteiger partial charge in [0.25, 0.3) is 0 Å². The Morgan fingerprint density at radius 3 is 2.36 bits per heavy atom. The van der Waals surface area contributed by atoms with E-state index in [0.717, 1.165) is 51.2 Å². The quantitative estimate of drug-likeness (QED) is 0.708. The van der Waals surface area contributed by atoms with Crippen molar-refractivity contribution in [3.8, 4) is 0 Å². The molecule has 5 heteroatoms. The molecule has 1 amide bonds. The Bertz CT molecular complexity index is 391. The van der Waals surface area contributed by atoms with Gasteiger partial charge < -0.3 is 9.47 Å². The maximum absolute atomic E-state index is 12.1. The van der Waals surface area contributed by atoms with Gasteiger partial charge in [-0.2, -0.15) is 0 Å². The number of amides is 1. The Morgan fingerprint density at radius 1 is 1.18 bits per heavy atom. The van der Waals surface area contributed by atoms with Crippen molar-refractivity contribution in [2.75, 3.05) is 27.4 Å². The number of carbonyl (C=O) groups is 1. The van der Waals surface area contributed by atoms with E-state index in [4.69, 9.17) is 14.3 Å². The average molecular weight is 311 g/mol. The van der Waals surface area contributed by atoms with Gasteiger partial charge in [-0.1, -0.05) is 12.8 Å². The van der Waals surface area contributed by atoms with Crippen LogP contribution in [0.2, 0.25) is 0 Å². The van der Waals surface area contributed by atoms with Crippen LogP contribution in [-0.4, -0.2) is 44.1 Å². The summed E-state index contributed by atoms with van der Waals surface area (Å²) in [6.07, 6.45) is 9.74. The van der Waals surface area contributed by atoms with E-state index in [1.807, 2.05) is 0 Å². The molecule has 2 saturated carbocycles. The second kappa shape index (κ2) is 6.46. The highest BCUT2D eigenvalue weighted by molar-refractivity contribution is 5.74. The Kier molecular flexibility index (Phi) is 4.76. The predicted octanol–water partition coefficient (Wildman–Crippen LogP) is 2.89. The first kappa shape index (κ1) is 16.2. The lowest BCUT2D eigenvalue weighted by atomic mass is 9.66. The molecule has 1 saturated heterocycles. The molecule has 22 heavy (non-hydrogen) atoms. The maximum atomic E-state index is 12.1. The lowest BCUT2D eigenvalue weighted by Crippen LogP contribution is -2.41. The number of hydrogen-bond acceptors (Lipinski definition) is 4. The van der Waals surface area contributed by atoms with Crippen molar-refractivity contribution in [1.29, 1.82) is 0 Å². The summed E-state index contributed by atoms with van der Waals surface area (Å²) in [6.45, 7) is 1.46. The third kappa shape index (κ3) is 3.63. The molecule has 0 aromatic rings. The molecule has 1 spiro atoms. The van der Waals surface area contributed by atoms with Gasteiger partial charge in [0.05, 0.1) is 20.3 Å². The zero-order valence-corrected chi connectivity index (χ0v) is 13.9. The monoisotopic (exact) mass is 311 g/mol. The van der Waals surface area contributed by atoms with Crippen molar-refractivity contribution < 1.29 is 19.1 Å². The molecule has 0 bridgehead atoms. The molecule has 0 aromatic carbocycles. The van der Waals surface area contributed by atoms with Gasteiger partial charge in [0.2, 0.25) is 5.91 Å². The lowest BCUT2D eigenvalue weighted by molar-refractivity contribution is -0.194. The smallest absolute Gasteiger partial charge is 0.245 e. The molecule has 126 valence electrons. The van der Waals surface area contributed by atoms with Gasteiger partial charge in [0, 0.05) is 26.3 Å². The molecule has 0 unspecified atom stereocenters. The second-order valence-corrected chi connectivity index (χ2v) is 7.33. The lowest BCUT2D eigenvalue weighted by Gasteiger charge is -2.44. The summed E-state index contributed by atoms with van der Waals surface area (Å²) in [5.74, 6) is 0.654. The van der Waals surface area contributed by atoms with Crippen LogP contribution in [-0.2, 0) is 19.1 Å². The molecule has 0 radical (unpaired) electrons. The van der Waals surface area contributed by atoms with E-state index in [-0.39, 0.29) is 11.7 Å². The van der Waals surface area contributed by atoms with Gasteiger partial charge in [0.15, 0.2) is 5.79 Å². The van der Waals surface area contributed by atoms with Gasteiger partial charge in [-0.15, -0.1) is 0 Å². The molecule has 1 heterocycles. The minimum Gasteiger partial charge on any atom is -0.348 e. The summed E-state index contributed by atoms with van der Waals surface area (Å²) in [4.78, 5) is 17.1. The van der Waals surface area contributed by atoms with Crippen LogP contribution in [0, 0.1) is 11.3 Å². The van der Waals surface area contributed by atoms with Crippen molar-refractivity contribution in [3.05, 3.63) is 0 Å². The standard InChI is InChI=1S/C17H29NO4/c1-18(20-2)15(19)5-6-16(13-14-3-4-14)7-9-17(10-8-16)21-11-12-22-17/h14H,3-13H2,1-2H3. The fourth-order valence-electron chi connectivity index (χ4n) is 4.07. The normalized spacial score (nSPS) is 26.3. The molecular formula is C17H29NO4. The number of hydrogen-bond donors (Lipinski definition) is 0. The predicted molar refractivity (Wildman–Crippen MR) is 81.9 cm³/mol. The van der Waals surface area contributed by atoms with E-state index < -0.39 is 0 Å². The maximum Gasteiger partial charge on any atom is 0.245 e. The SMILES string of the molecule is CON(C)C(=O)CCC1(CC2CC2)CCC2(CC1)OCCO2. The Hall–Kier alpha value is -0.650. The van der Waals surface area contributed by atoms with Gasteiger partial charge >= 0.3 is 0 Å². The largest absolute Gasteiger partial charge is 0.348 e. The molecule has 5 nitrogen and oxygen atoms in total. The Labute approximate surface area is 133 Å². The zero-order chi connectivity index (χ0) is 15.6. The highest BCUT2D eigenvalue weighted by Crippen LogP contribution is 2.53. The van der Waals surface area contributed by atoms with Gasteiger partial charge in [-0.25, -0.2) is 5.06 Å². The van der Waals surface area contributed by atoms with E-state index in [1.54, 1.807) is 7.05 Å². The van der Waals surface area contributed by atoms with Gasteiger partial charge in [-0.05, 0) is 37.0 Å². The zero-order valence-electron chi connectivity index (χ0n) is 13.9. The van der Waals surface area contributed by atoms with Crippen LogP contribution in [0.4, 0.5) is 0 Å². The number of nitrogens with zero attached hydrogens (tertiary/aromatic N) is 1. The fourth-order valence-corrected chi connectivity index (χ4v) is 4.07. The van der Waals surface area contributed by atoms with E-state index in [2.05, 4.69) is 0 Å². The number of ether oxygens (including phenoxy) is 2. The first-order valence-corrected chi connectivity index (χ1v) is 8.65. The first-order chi connectivity index (χ1) is 10.6. The Morgan fingerprint density at radius 2 is 1.82 bits per heavy atom. The molecule has 1 aliphatic heterocycles. The highest BCUT2D eigenvalue weighted by atomic mass is 16.7. The highest BCUT2D eigenvalue weighted by Gasteiger charge is 2.47. The topological polar surface area (TPSA) is 48.0 Å². The summed E-state index contributed by atoms with van der Waals surface area (Å²) in [5, 5.41) is 1.35. The molecule has 3 fully saturated rings. The van der Waals surface area contributed by atoms with Crippen molar-refractivity contribution in [2.24, 2.45) is 11.3 Å². The third-order valence-electron chi connectivity index (χ3n) is 5.80. The van der Waals surface area contributed by atoms with E-state index in [1.165, 1.54) is 31.4 Å². The van der Waals surface area contributed by atoms with E-state index in [0.29, 0.717) is 11.8 Å². The van der Waals surface area contributed by atoms with Crippen molar-refractivity contribution in [2.45, 2.75) is 63.6 Å². The molecule has 0 aromatic heterocycles.